The van der Waals surface area contributed by atoms with Crippen molar-refractivity contribution in [3.63, 3.8) is 0 Å². The lowest BCUT2D eigenvalue weighted by Crippen LogP contribution is -2.60. The largest absolute Gasteiger partial charge is 0.454 e. The summed E-state index contributed by atoms with van der Waals surface area (Å²) >= 11 is 5.47. The second-order valence-corrected chi connectivity index (χ2v) is 7.67. The molecule has 2 heterocycles. The lowest BCUT2D eigenvalue weighted by Gasteiger charge is -2.44. The van der Waals surface area contributed by atoms with Crippen molar-refractivity contribution in [2.45, 2.75) is 51.6 Å². The molecule has 1 aromatic carbocycles. The van der Waals surface area contributed by atoms with E-state index >= 15 is 0 Å². The number of ether oxygens (including phenoxy) is 2. The van der Waals surface area contributed by atoms with Gasteiger partial charge in [0.25, 0.3) is 0 Å². The summed E-state index contributed by atoms with van der Waals surface area (Å²) in [7, 11) is 0. The van der Waals surface area contributed by atoms with Gasteiger partial charge in [-0.25, -0.2) is 0 Å². The van der Waals surface area contributed by atoms with Crippen LogP contribution in [0, 0.1) is 0 Å². The van der Waals surface area contributed by atoms with Crippen LogP contribution in [0.4, 0.5) is 5.69 Å². The molecule has 0 spiro atoms. The van der Waals surface area contributed by atoms with Crippen LogP contribution in [0.25, 0.3) is 0 Å². The first-order chi connectivity index (χ1) is 11.8. The first-order valence-corrected chi connectivity index (χ1v) is 9.03. The number of fused-ring (bicyclic) bond motifs is 1. The van der Waals surface area contributed by atoms with Crippen LogP contribution in [0.3, 0.4) is 0 Å². The molecular weight excluding hydrogens is 338 g/mol. The maximum atomic E-state index is 12.2. The SMILES string of the molecule is C[C@@H]1CC(C)(C)NC(=S)N1CCCC(=O)Nc1ccc2c(c1)OCO2. The van der Waals surface area contributed by atoms with Crippen molar-refractivity contribution in [3.05, 3.63) is 18.2 Å². The minimum atomic E-state index is -0.0114. The summed E-state index contributed by atoms with van der Waals surface area (Å²) in [6, 6.07) is 5.78. The summed E-state index contributed by atoms with van der Waals surface area (Å²) in [5.41, 5.74) is 0.753. The fraction of sp³-hybridized carbons (Fsp3) is 0.556. The third-order valence-corrected chi connectivity index (χ3v) is 4.84. The lowest BCUT2D eigenvalue weighted by atomic mass is 9.93. The minimum absolute atomic E-state index is 0.0114. The molecule has 2 aliphatic heterocycles. The predicted molar refractivity (Wildman–Crippen MR) is 101 cm³/mol. The zero-order chi connectivity index (χ0) is 18.0. The summed E-state index contributed by atoms with van der Waals surface area (Å²) in [6.07, 6.45) is 2.23. The van der Waals surface area contributed by atoms with Crippen LogP contribution in [-0.4, -0.2) is 40.8 Å². The number of hydrogen-bond acceptors (Lipinski definition) is 4. The molecule has 1 atom stereocenters. The molecule has 7 heteroatoms. The van der Waals surface area contributed by atoms with E-state index in [4.69, 9.17) is 21.7 Å². The van der Waals surface area contributed by atoms with E-state index in [2.05, 4.69) is 36.3 Å². The maximum absolute atomic E-state index is 12.2. The molecule has 1 aromatic rings. The molecule has 1 saturated heterocycles. The van der Waals surface area contributed by atoms with Gasteiger partial charge in [-0.2, -0.15) is 0 Å². The van der Waals surface area contributed by atoms with Gasteiger partial charge in [-0.1, -0.05) is 0 Å². The molecule has 6 nitrogen and oxygen atoms in total. The highest BCUT2D eigenvalue weighted by molar-refractivity contribution is 7.80. The van der Waals surface area contributed by atoms with Crippen molar-refractivity contribution in [1.29, 1.82) is 0 Å². The molecule has 0 radical (unpaired) electrons. The average Bonchev–Trinajstić information content (AvgIpc) is 2.96. The standard InChI is InChI=1S/C18H25N3O3S/c1-12-10-18(2,3)20-17(25)21(12)8-4-5-16(22)19-13-6-7-14-15(9-13)24-11-23-14/h6-7,9,12H,4-5,8,10-11H2,1-3H3,(H,19,22)(H,20,25)/t12-/m1/s1. The molecule has 0 aromatic heterocycles. The number of anilines is 1. The number of nitrogens with one attached hydrogen (secondary N) is 2. The lowest BCUT2D eigenvalue weighted by molar-refractivity contribution is -0.116. The summed E-state index contributed by atoms with van der Waals surface area (Å²) in [4.78, 5) is 14.3. The van der Waals surface area contributed by atoms with Crippen molar-refractivity contribution >= 4 is 28.9 Å². The predicted octanol–water partition coefficient (Wildman–Crippen LogP) is 2.88. The third kappa shape index (κ3) is 4.34. The average molecular weight is 363 g/mol. The second-order valence-electron chi connectivity index (χ2n) is 7.28. The Hall–Kier alpha value is -2.02. The minimum Gasteiger partial charge on any atom is -0.454 e. The van der Waals surface area contributed by atoms with Gasteiger partial charge in [0.15, 0.2) is 16.6 Å². The van der Waals surface area contributed by atoms with Gasteiger partial charge >= 0.3 is 0 Å². The molecular formula is C18H25N3O3S. The van der Waals surface area contributed by atoms with E-state index in [-0.39, 0.29) is 18.2 Å². The highest BCUT2D eigenvalue weighted by atomic mass is 32.1. The molecule has 1 fully saturated rings. The molecule has 0 saturated carbocycles. The second kappa shape index (κ2) is 7.07. The summed E-state index contributed by atoms with van der Waals surface area (Å²) < 4.78 is 10.6. The fourth-order valence-corrected chi connectivity index (χ4v) is 3.94. The van der Waals surface area contributed by atoms with Crippen LogP contribution >= 0.6 is 12.2 Å². The number of nitrogens with zero attached hydrogens (tertiary/aromatic N) is 1. The number of thiocarbonyl (C=S) groups is 1. The van der Waals surface area contributed by atoms with Crippen LogP contribution in [0.2, 0.25) is 0 Å². The van der Waals surface area contributed by atoms with Crippen molar-refractivity contribution in [1.82, 2.24) is 10.2 Å². The first-order valence-electron chi connectivity index (χ1n) is 8.62. The summed E-state index contributed by atoms with van der Waals surface area (Å²) in [6.45, 7) is 7.50. The topological polar surface area (TPSA) is 62.8 Å². The third-order valence-electron chi connectivity index (χ3n) is 4.50. The van der Waals surface area contributed by atoms with Gasteiger partial charge < -0.3 is 25.0 Å². The Kier molecular flexibility index (Phi) is 5.03. The van der Waals surface area contributed by atoms with E-state index in [0.717, 1.165) is 30.2 Å². The molecule has 2 aliphatic rings. The Labute approximate surface area is 153 Å². The van der Waals surface area contributed by atoms with Crippen molar-refractivity contribution in [2.75, 3.05) is 18.7 Å². The smallest absolute Gasteiger partial charge is 0.231 e. The maximum Gasteiger partial charge on any atom is 0.231 e. The van der Waals surface area contributed by atoms with Crippen LogP contribution in [0.15, 0.2) is 18.2 Å². The van der Waals surface area contributed by atoms with Gasteiger partial charge in [0.05, 0.1) is 0 Å². The normalized spacial score (nSPS) is 21.0. The Morgan fingerprint density at radius 3 is 2.92 bits per heavy atom. The molecule has 2 N–H and O–H groups in total. The van der Waals surface area contributed by atoms with Crippen LogP contribution in [-0.2, 0) is 4.79 Å². The fourth-order valence-electron chi connectivity index (χ4n) is 3.39. The first kappa shape index (κ1) is 17.8. The van der Waals surface area contributed by atoms with Crippen LogP contribution in [0.1, 0.15) is 40.0 Å². The zero-order valence-corrected chi connectivity index (χ0v) is 15.7. The summed E-state index contributed by atoms with van der Waals surface area (Å²) in [5, 5.41) is 7.05. The quantitative estimate of drug-likeness (QED) is 0.785. The number of rotatable bonds is 5. The van der Waals surface area contributed by atoms with Crippen LogP contribution in [0.5, 0.6) is 11.5 Å². The molecule has 0 bridgehead atoms. The van der Waals surface area contributed by atoms with E-state index in [1.165, 1.54) is 0 Å². The number of carbonyl (C=O) groups excluding carboxylic acids is 1. The Morgan fingerprint density at radius 2 is 2.16 bits per heavy atom. The molecule has 0 aliphatic carbocycles. The van der Waals surface area contributed by atoms with Crippen molar-refractivity contribution < 1.29 is 14.3 Å². The highest BCUT2D eigenvalue weighted by Crippen LogP contribution is 2.34. The monoisotopic (exact) mass is 363 g/mol. The van der Waals surface area contributed by atoms with Crippen molar-refractivity contribution in [2.24, 2.45) is 0 Å². The molecule has 0 unspecified atom stereocenters. The summed E-state index contributed by atoms with van der Waals surface area (Å²) in [5.74, 6) is 1.36. The highest BCUT2D eigenvalue weighted by Gasteiger charge is 2.32. The molecule has 25 heavy (non-hydrogen) atoms. The van der Waals surface area contributed by atoms with E-state index in [0.29, 0.717) is 24.0 Å². The van der Waals surface area contributed by atoms with Crippen molar-refractivity contribution in [3.8, 4) is 11.5 Å². The van der Waals surface area contributed by atoms with Crippen LogP contribution < -0.4 is 20.1 Å². The Balaban J connectivity index is 1.46. The van der Waals surface area contributed by atoms with E-state index in [9.17, 15) is 4.79 Å². The number of hydrogen-bond donors (Lipinski definition) is 2. The molecule has 3 rings (SSSR count). The van der Waals surface area contributed by atoms with E-state index in [1.807, 2.05) is 6.07 Å². The van der Waals surface area contributed by atoms with Gasteiger partial charge in [0.1, 0.15) is 0 Å². The Morgan fingerprint density at radius 1 is 1.40 bits per heavy atom. The van der Waals surface area contributed by atoms with Gasteiger partial charge in [0.2, 0.25) is 12.7 Å². The number of carbonyl (C=O) groups is 1. The van der Waals surface area contributed by atoms with Gasteiger partial charge in [-0.3, -0.25) is 4.79 Å². The van der Waals surface area contributed by atoms with Gasteiger partial charge in [-0.15, -0.1) is 0 Å². The number of benzene rings is 1. The zero-order valence-electron chi connectivity index (χ0n) is 14.9. The number of amides is 1. The van der Waals surface area contributed by atoms with E-state index < -0.39 is 0 Å². The van der Waals surface area contributed by atoms with E-state index in [1.54, 1.807) is 12.1 Å². The Bertz CT molecular complexity index is 678. The molecule has 136 valence electrons. The van der Waals surface area contributed by atoms with Gasteiger partial charge in [0, 0.05) is 36.3 Å². The molecule has 1 amide bonds. The van der Waals surface area contributed by atoms with Gasteiger partial charge in [-0.05, 0) is 58.0 Å².